The van der Waals surface area contributed by atoms with Gasteiger partial charge in [0.25, 0.3) is 0 Å². The van der Waals surface area contributed by atoms with E-state index in [-0.39, 0.29) is 6.61 Å². The van der Waals surface area contributed by atoms with Gasteiger partial charge in [-0.1, -0.05) is 32.1 Å². The minimum atomic E-state index is 0.253. The van der Waals surface area contributed by atoms with E-state index < -0.39 is 0 Å². The van der Waals surface area contributed by atoms with Crippen LogP contribution in [0.5, 0.6) is 0 Å². The molecule has 0 amide bonds. The molecule has 4 heteroatoms. The lowest BCUT2D eigenvalue weighted by Gasteiger charge is -2.21. The number of methoxy groups -OCH3 is 1. The third-order valence-electron chi connectivity index (χ3n) is 3.79. The molecule has 21 heavy (non-hydrogen) atoms. The molecule has 0 aliphatic carbocycles. The number of rotatable bonds is 17. The second-order valence-corrected chi connectivity index (χ2v) is 5.70. The summed E-state index contributed by atoms with van der Waals surface area (Å²) in [5.74, 6) is 0. The fourth-order valence-corrected chi connectivity index (χ4v) is 2.51. The van der Waals surface area contributed by atoms with Gasteiger partial charge in [0.15, 0.2) is 0 Å². The lowest BCUT2D eigenvalue weighted by Crippen LogP contribution is -2.29. The number of nitrogens with zero attached hydrogens (tertiary/aromatic N) is 1. The zero-order chi connectivity index (χ0) is 15.6. The van der Waals surface area contributed by atoms with Crippen LogP contribution in [0.3, 0.4) is 0 Å². The van der Waals surface area contributed by atoms with E-state index in [1.54, 1.807) is 7.11 Å². The fourth-order valence-electron chi connectivity index (χ4n) is 2.51. The molecule has 0 heterocycles. The van der Waals surface area contributed by atoms with Gasteiger partial charge in [-0.15, -0.1) is 0 Å². The number of carbonyl (C=O) groups is 1. The van der Waals surface area contributed by atoms with E-state index in [4.69, 9.17) is 9.84 Å². The standard InChI is InChI=1S/C17H35NO3/c1-21-17-11-7-5-9-13-18(14-16-20)12-8-4-2-3-6-10-15-19/h15,20H,2-14,16-17H2,1H3. The molecule has 0 aliphatic heterocycles. The smallest absolute Gasteiger partial charge is 0.119 e. The van der Waals surface area contributed by atoms with E-state index in [9.17, 15) is 4.79 Å². The van der Waals surface area contributed by atoms with Crippen molar-refractivity contribution in [2.24, 2.45) is 0 Å². The number of aliphatic hydroxyl groups excluding tert-OH is 1. The van der Waals surface area contributed by atoms with Gasteiger partial charge in [0, 0.05) is 26.7 Å². The number of aliphatic hydroxyl groups is 1. The normalized spacial score (nSPS) is 11.2. The zero-order valence-corrected chi connectivity index (χ0v) is 13.9. The molecular formula is C17H35NO3. The van der Waals surface area contributed by atoms with Crippen molar-refractivity contribution >= 4 is 6.29 Å². The van der Waals surface area contributed by atoms with Gasteiger partial charge in [-0.25, -0.2) is 0 Å². The fraction of sp³-hybridized carbons (Fsp3) is 0.941. The van der Waals surface area contributed by atoms with E-state index in [1.165, 1.54) is 38.5 Å². The number of hydrogen-bond acceptors (Lipinski definition) is 4. The Morgan fingerprint density at radius 1 is 0.857 bits per heavy atom. The summed E-state index contributed by atoms with van der Waals surface area (Å²) in [4.78, 5) is 12.6. The van der Waals surface area contributed by atoms with Crippen LogP contribution in [0.15, 0.2) is 0 Å². The summed E-state index contributed by atoms with van der Waals surface area (Å²) in [6, 6.07) is 0. The van der Waals surface area contributed by atoms with E-state index in [0.717, 1.165) is 51.8 Å². The highest BCUT2D eigenvalue weighted by Crippen LogP contribution is 2.07. The maximum atomic E-state index is 10.2. The van der Waals surface area contributed by atoms with Crippen molar-refractivity contribution in [3.05, 3.63) is 0 Å². The van der Waals surface area contributed by atoms with Crippen LogP contribution in [0.2, 0.25) is 0 Å². The molecule has 126 valence electrons. The molecule has 0 aromatic carbocycles. The first kappa shape index (κ1) is 20.6. The largest absolute Gasteiger partial charge is 0.395 e. The molecule has 0 atom stereocenters. The van der Waals surface area contributed by atoms with Gasteiger partial charge >= 0.3 is 0 Å². The molecular weight excluding hydrogens is 266 g/mol. The van der Waals surface area contributed by atoms with Gasteiger partial charge in [0.1, 0.15) is 6.29 Å². The predicted molar refractivity (Wildman–Crippen MR) is 87.6 cm³/mol. The number of ether oxygens (including phenoxy) is 1. The molecule has 0 aromatic heterocycles. The zero-order valence-electron chi connectivity index (χ0n) is 13.9. The average molecular weight is 301 g/mol. The number of aldehydes is 1. The average Bonchev–Trinajstić information content (AvgIpc) is 2.49. The minimum Gasteiger partial charge on any atom is -0.395 e. The second kappa shape index (κ2) is 17.6. The third kappa shape index (κ3) is 15.8. The first-order valence-corrected chi connectivity index (χ1v) is 8.61. The molecule has 4 nitrogen and oxygen atoms in total. The Bertz CT molecular complexity index is 212. The summed E-state index contributed by atoms with van der Waals surface area (Å²) in [6.07, 6.45) is 12.4. The number of unbranched alkanes of at least 4 members (excludes halogenated alkanes) is 8. The SMILES string of the molecule is COCCCCCCN(CCO)CCCCCCCC=O. The van der Waals surface area contributed by atoms with Crippen molar-refractivity contribution in [3.8, 4) is 0 Å². The Balaban J connectivity index is 3.46. The second-order valence-electron chi connectivity index (χ2n) is 5.70. The Hall–Kier alpha value is -0.450. The van der Waals surface area contributed by atoms with Crippen LogP contribution in [-0.4, -0.2) is 56.3 Å². The Morgan fingerprint density at radius 2 is 1.43 bits per heavy atom. The van der Waals surface area contributed by atoms with Crippen LogP contribution in [0.1, 0.15) is 64.2 Å². The van der Waals surface area contributed by atoms with E-state index in [2.05, 4.69) is 4.90 Å². The summed E-state index contributed by atoms with van der Waals surface area (Å²) in [6.45, 7) is 4.10. The van der Waals surface area contributed by atoms with Crippen molar-refractivity contribution < 1.29 is 14.6 Å². The maximum Gasteiger partial charge on any atom is 0.119 e. The van der Waals surface area contributed by atoms with Crippen LogP contribution in [0.25, 0.3) is 0 Å². The van der Waals surface area contributed by atoms with Crippen molar-refractivity contribution in [1.82, 2.24) is 4.90 Å². The molecule has 1 N–H and O–H groups in total. The first-order valence-electron chi connectivity index (χ1n) is 8.61. The van der Waals surface area contributed by atoms with Crippen LogP contribution in [0.4, 0.5) is 0 Å². The third-order valence-corrected chi connectivity index (χ3v) is 3.79. The number of hydrogen-bond donors (Lipinski definition) is 1. The summed E-state index contributed by atoms with van der Waals surface area (Å²) in [5, 5.41) is 9.12. The summed E-state index contributed by atoms with van der Waals surface area (Å²) in [7, 11) is 1.75. The van der Waals surface area contributed by atoms with Gasteiger partial charge in [-0.05, 0) is 38.8 Å². The Kier molecular flexibility index (Phi) is 17.2. The van der Waals surface area contributed by atoms with Crippen LogP contribution in [-0.2, 0) is 9.53 Å². The molecule has 0 unspecified atom stereocenters. The van der Waals surface area contributed by atoms with Gasteiger partial charge in [-0.2, -0.15) is 0 Å². The molecule has 0 bridgehead atoms. The first-order chi connectivity index (χ1) is 10.3. The monoisotopic (exact) mass is 301 g/mol. The number of carbonyl (C=O) groups excluding carboxylic acids is 1. The lowest BCUT2D eigenvalue weighted by atomic mass is 10.1. The van der Waals surface area contributed by atoms with E-state index >= 15 is 0 Å². The summed E-state index contributed by atoms with van der Waals surface area (Å²) < 4.78 is 5.05. The Labute approximate surface area is 130 Å². The van der Waals surface area contributed by atoms with Gasteiger partial charge in [0.05, 0.1) is 6.61 Å². The lowest BCUT2D eigenvalue weighted by molar-refractivity contribution is -0.107. The highest BCUT2D eigenvalue weighted by atomic mass is 16.5. The van der Waals surface area contributed by atoms with E-state index in [1.807, 2.05) is 0 Å². The van der Waals surface area contributed by atoms with Crippen molar-refractivity contribution in [3.63, 3.8) is 0 Å². The van der Waals surface area contributed by atoms with E-state index in [0.29, 0.717) is 6.42 Å². The summed E-state index contributed by atoms with van der Waals surface area (Å²) >= 11 is 0. The molecule has 0 spiro atoms. The molecule has 0 fully saturated rings. The van der Waals surface area contributed by atoms with Crippen molar-refractivity contribution in [2.45, 2.75) is 64.2 Å². The van der Waals surface area contributed by atoms with Crippen LogP contribution >= 0.6 is 0 Å². The highest BCUT2D eigenvalue weighted by molar-refractivity contribution is 5.48. The van der Waals surface area contributed by atoms with Crippen molar-refractivity contribution in [1.29, 1.82) is 0 Å². The predicted octanol–water partition coefficient (Wildman–Crippen LogP) is 3.03. The van der Waals surface area contributed by atoms with Gasteiger partial charge < -0.3 is 19.5 Å². The molecule has 0 aliphatic rings. The van der Waals surface area contributed by atoms with Gasteiger partial charge in [0.2, 0.25) is 0 Å². The maximum absolute atomic E-state index is 10.2. The van der Waals surface area contributed by atoms with Crippen LogP contribution < -0.4 is 0 Å². The summed E-state index contributed by atoms with van der Waals surface area (Å²) in [5.41, 5.74) is 0. The Morgan fingerprint density at radius 3 is 2.00 bits per heavy atom. The molecule has 0 radical (unpaired) electrons. The quantitative estimate of drug-likeness (QED) is 0.331. The van der Waals surface area contributed by atoms with Crippen molar-refractivity contribution in [2.75, 3.05) is 40.0 Å². The van der Waals surface area contributed by atoms with Crippen LogP contribution in [0, 0.1) is 0 Å². The molecule has 0 aromatic rings. The highest BCUT2D eigenvalue weighted by Gasteiger charge is 2.03. The minimum absolute atomic E-state index is 0.253. The molecule has 0 rings (SSSR count). The molecule has 0 saturated carbocycles. The van der Waals surface area contributed by atoms with Gasteiger partial charge in [-0.3, -0.25) is 0 Å². The molecule has 0 saturated heterocycles. The topological polar surface area (TPSA) is 49.8 Å².